The van der Waals surface area contributed by atoms with E-state index in [1.54, 1.807) is 36.4 Å². The molecular formula is C21H27NO6. The maximum Gasteiger partial charge on any atom is 0.272 e. The molecule has 0 spiro atoms. The number of carbonyl (C=O) groups excluding carboxylic acids is 1. The average Bonchev–Trinajstić information content (AvgIpc) is 2.72. The van der Waals surface area contributed by atoms with Gasteiger partial charge in [0.1, 0.15) is 24.6 Å². The molecule has 7 heteroatoms. The van der Waals surface area contributed by atoms with Crippen molar-refractivity contribution in [1.29, 1.82) is 0 Å². The lowest BCUT2D eigenvalue weighted by molar-refractivity contribution is -0.143. The Hall–Kier alpha value is -2.45. The van der Waals surface area contributed by atoms with Crippen LogP contribution in [0.5, 0.6) is 5.75 Å². The SMILES string of the molecule is CCO[C@@H](Cc1ccc(OC[C@@H](O)c2cccc(CO)c2)cc1)C(=O)NOC. The second-order valence-electron chi connectivity index (χ2n) is 6.19. The highest BCUT2D eigenvalue weighted by molar-refractivity contribution is 5.80. The molecule has 152 valence electrons. The molecule has 0 aliphatic heterocycles. The Morgan fingerprint density at radius 2 is 1.89 bits per heavy atom. The zero-order chi connectivity index (χ0) is 20.4. The van der Waals surface area contributed by atoms with Gasteiger partial charge >= 0.3 is 0 Å². The molecule has 0 aliphatic rings. The second kappa shape index (κ2) is 11.4. The normalized spacial score (nSPS) is 13.0. The van der Waals surface area contributed by atoms with Crippen LogP contribution in [0.4, 0.5) is 0 Å². The molecule has 0 radical (unpaired) electrons. The van der Waals surface area contributed by atoms with Gasteiger partial charge in [0.25, 0.3) is 5.91 Å². The second-order valence-corrected chi connectivity index (χ2v) is 6.19. The molecule has 1 amide bonds. The van der Waals surface area contributed by atoms with Crippen LogP contribution in [0.2, 0.25) is 0 Å². The first-order chi connectivity index (χ1) is 13.6. The van der Waals surface area contributed by atoms with E-state index in [9.17, 15) is 15.0 Å². The van der Waals surface area contributed by atoms with Gasteiger partial charge in [0.05, 0.1) is 13.7 Å². The number of rotatable bonds is 11. The van der Waals surface area contributed by atoms with Crippen LogP contribution in [-0.4, -0.2) is 42.5 Å². The molecule has 3 N–H and O–H groups in total. The smallest absolute Gasteiger partial charge is 0.272 e. The predicted molar refractivity (Wildman–Crippen MR) is 104 cm³/mol. The Kier molecular flexibility index (Phi) is 8.90. The largest absolute Gasteiger partial charge is 0.491 e. The number of nitrogens with one attached hydrogen (secondary N) is 1. The van der Waals surface area contributed by atoms with E-state index in [0.29, 0.717) is 24.3 Å². The van der Waals surface area contributed by atoms with Crippen molar-refractivity contribution in [3.63, 3.8) is 0 Å². The lowest BCUT2D eigenvalue weighted by atomic mass is 10.1. The number of hydrogen-bond acceptors (Lipinski definition) is 6. The van der Waals surface area contributed by atoms with Crippen LogP contribution in [0.1, 0.15) is 29.7 Å². The summed E-state index contributed by atoms with van der Waals surface area (Å²) in [6.45, 7) is 2.25. The number of amides is 1. The molecule has 0 saturated carbocycles. The van der Waals surface area contributed by atoms with E-state index in [4.69, 9.17) is 9.47 Å². The molecule has 0 bridgehead atoms. The van der Waals surface area contributed by atoms with Crippen molar-refractivity contribution < 1.29 is 29.3 Å². The van der Waals surface area contributed by atoms with E-state index in [1.165, 1.54) is 7.11 Å². The molecule has 2 rings (SSSR count). The van der Waals surface area contributed by atoms with Crippen molar-refractivity contribution in [3.8, 4) is 5.75 Å². The van der Waals surface area contributed by atoms with Gasteiger partial charge in [-0.25, -0.2) is 5.48 Å². The van der Waals surface area contributed by atoms with Crippen molar-refractivity contribution in [3.05, 3.63) is 65.2 Å². The van der Waals surface area contributed by atoms with Crippen LogP contribution >= 0.6 is 0 Å². The fourth-order valence-electron chi connectivity index (χ4n) is 2.70. The van der Waals surface area contributed by atoms with E-state index >= 15 is 0 Å². The molecule has 0 heterocycles. The number of hydrogen-bond donors (Lipinski definition) is 3. The van der Waals surface area contributed by atoms with Gasteiger partial charge in [0.15, 0.2) is 0 Å². The number of carbonyl (C=O) groups is 1. The van der Waals surface area contributed by atoms with Crippen molar-refractivity contribution >= 4 is 5.91 Å². The summed E-state index contributed by atoms with van der Waals surface area (Å²) >= 11 is 0. The van der Waals surface area contributed by atoms with Crippen LogP contribution in [0, 0.1) is 0 Å². The first kappa shape index (κ1) is 21.8. The lowest BCUT2D eigenvalue weighted by Crippen LogP contribution is -2.37. The highest BCUT2D eigenvalue weighted by atomic mass is 16.6. The van der Waals surface area contributed by atoms with Crippen molar-refractivity contribution in [2.45, 2.75) is 32.2 Å². The molecule has 0 aliphatic carbocycles. The maximum absolute atomic E-state index is 11.9. The molecule has 2 atom stereocenters. The number of ether oxygens (including phenoxy) is 2. The highest BCUT2D eigenvalue weighted by Crippen LogP contribution is 2.19. The Labute approximate surface area is 164 Å². The first-order valence-electron chi connectivity index (χ1n) is 9.11. The average molecular weight is 389 g/mol. The minimum absolute atomic E-state index is 0.0754. The quantitative estimate of drug-likeness (QED) is 0.508. The molecular weight excluding hydrogens is 362 g/mol. The summed E-state index contributed by atoms with van der Waals surface area (Å²) in [5.41, 5.74) is 4.62. The number of aliphatic hydroxyl groups excluding tert-OH is 2. The summed E-state index contributed by atoms with van der Waals surface area (Å²) < 4.78 is 11.1. The van der Waals surface area contributed by atoms with E-state index in [1.807, 2.05) is 19.1 Å². The number of benzene rings is 2. The zero-order valence-electron chi connectivity index (χ0n) is 16.1. The van der Waals surface area contributed by atoms with Gasteiger partial charge in [-0.15, -0.1) is 0 Å². The number of aliphatic hydroxyl groups is 2. The molecule has 0 aromatic heterocycles. The Morgan fingerprint density at radius 1 is 1.14 bits per heavy atom. The molecule has 2 aromatic carbocycles. The third kappa shape index (κ3) is 6.61. The summed E-state index contributed by atoms with van der Waals surface area (Å²) in [4.78, 5) is 16.6. The van der Waals surface area contributed by atoms with E-state index in [0.717, 1.165) is 11.1 Å². The third-order valence-electron chi connectivity index (χ3n) is 4.13. The van der Waals surface area contributed by atoms with Gasteiger partial charge in [-0.3, -0.25) is 9.63 Å². The molecule has 0 saturated heterocycles. The monoisotopic (exact) mass is 389 g/mol. The van der Waals surface area contributed by atoms with Crippen molar-refractivity contribution in [2.24, 2.45) is 0 Å². The number of hydroxylamine groups is 1. The highest BCUT2D eigenvalue weighted by Gasteiger charge is 2.19. The standard InChI is InChI=1S/C21H27NO6/c1-3-27-20(21(25)22-26-2)12-15-7-9-18(10-8-15)28-14-19(24)17-6-4-5-16(11-17)13-23/h4-11,19-20,23-24H,3,12-14H2,1-2H3,(H,22,25)/t19-,20+/m1/s1. The topological polar surface area (TPSA) is 97.3 Å². The van der Waals surface area contributed by atoms with Crippen LogP contribution in [0.25, 0.3) is 0 Å². The van der Waals surface area contributed by atoms with Crippen LogP contribution in [-0.2, 0) is 27.4 Å². The Bertz CT molecular complexity index is 734. The van der Waals surface area contributed by atoms with Crippen molar-refractivity contribution in [1.82, 2.24) is 5.48 Å². The minimum Gasteiger partial charge on any atom is -0.491 e. The molecule has 2 aromatic rings. The summed E-state index contributed by atoms with van der Waals surface area (Å²) in [6.07, 6.45) is -1.04. The molecule has 7 nitrogen and oxygen atoms in total. The maximum atomic E-state index is 11.9. The van der Waals surface area contributed by atoms with Crippen molar-refractivity contribution in [2.75, 3.05) is 20.3 Å². The van der Waals surface area contributed by atoms with Gasteiger partial charge in [-0.05, 0) is 35.7 Å². The van der Waals surface area contributed by atoms with Gasteiger partial charge < -0.3 is 19.7 Å². The Morgan fingerprint density at radius 3 is 2.54 bits per heavy atom. The summed E-state index contributed by atoms with van der Waals surface area (Å²) in [7, 11) is 1.38. The molecule has 28 heavy (non-hydrogen) atoms. The van der Waals surface area contributed by atoms with Gasteiger partial charge in [-0.1, -0.05) is 36.4 Å². The van der Waals surface area contributed by atoms with Gasteiger partial charge in [0.2, 0.25) is 0 Å². The van der Waals surface area contributed by atoms with E-state index < -0.39 is 12.2 Å². The predicted octanol–water partition coefficient (Wildman–Crippen LogP) is 1.92. The zero-order valence-corrected chi connectivity index (χ0v) is 16.1. The Balaban J connectivity index is 1.91. The van der Waals surface area contributed by atoms with Crippen LogP contribution in [0.3, 0.4) is 0 Å². The molecule has 0 fully saturated rings. The van der Waals surface area contributed by atoms with E-state index in [-0.39, 0.29) is 19.1 Å². The molecule has 0 unspecified atom stereocenters. The lowest BCUT2D eigenvalue weighted by Gasteiger charge is -2.16. The first-order valence-corrected chi connectivity index (χ1v) is 9.11. The van der Waals surface area contributed by atoms with Crippen LogP contribution < -0.4 is 10.2 Å². The van der Waals surface area contributed by atoms with Gasteiger partial charge in [0, 0.05) is 13.0 Å². The fourth-order valence-corrected chi connectivity index (χ4v) is 2.70. The van der Waals surface area contributed by atoms with E-state index in [2.05, 4.69) is 10.3 Å². The van der Waals surface area contributed by atoms with Gasteiger partial charge in [-0.2, -0.15) is 0 Å². The summed E-state index contributed by atoms with van der Waals surface area (Å²) in [5, 5.41) is 19.5. The fraction of sp³-hybridized carbons (Fsp3) is 0.381. The third-order valence-corrected chi connectivity index (χ3v) is 4.13. The summed E-state index contributed by atoms with van der Waals surface area (Å²) in [5.74, 6) is 0.272. The van der Waals surface area contributed by atoms with Crippen LogP contribution in [0.15, 0.2) is 48.5 Å². The minimum atomic E-state index is -0.800. The summed E-state index contributed by atoms with van der Waals surface area (Å²) in [6, 6.07) is 14.4.